The minimum Gasteiger partial charge on any atom is -0.369 e. The number of piperazine rings is 1. The molecule has 0 aromatic rings. The maximum Gasteiger partial charge on any atom is 0.250 e. The predicted molar refractivity (Wildman–Crippen MR) is 55.0 cm³/mol. The van der Waals surface area contributed by atoms with Crippen molar-refractivity contribution in [2.24, 2.45) is 4.99 Å². The molecule has 76 valence electrons. The Bertz CT molecular complexity index is 341. The van der Waals surface area contributed by atoms with Crippen LogP contribution < -0.4 is 10.6 Å². The largest absolute Gasteiger partial charge is 0.369 e. The first-order chi connectivity index (χ1) is 6.49. The Morgan fingerprint density at radius 3 is 3.00 bits per heavy atom. The van der Waals surface area contributed by atoms with Crippen LogP contribution in [0, 0.1) is 0 Å². The molecule has 2 rings (SSSR count). The Balaban J connectivity index is 2.29. The fraction of sp³-hybridized carbons (Fsp3) is 0.600. The summed E-state index contributed by atoms with van der Waals surface area (Å²) in [4.78, 5) is 16.0. The van der Waals surface area contributed by atoms with Gasteiger partial charge in [0.1, 0.15) is 5.54 Å². The van der Waals surface area contributed by atoms with E-state index in [9.17, 15) is 4.79 Å². The number of dihydropyridines is 1. The Kier molecular flexibility index (Phi) is 1.87. The predicted octanol–water partition coefficient (Wildman–Crippen LogP) is 0.559. The van der Waals surface area contributed by atoms with Crippen LogP contribution in [0.3, 0.4) is 0 Å². The van der Waals surface area contributed by atoms with Crippen molar-refractivity contribution in [2.45, 2.75) is 38.8 Å². The second kappa shape index (κ2) is 2.83. The number of fused-ring (bicyclic) bond motifs is 1. The summed E-state index contributed by atoms with van der Waals surface area (Å²) in [6, 6.07) is 0.261. The van der Waals surface area contributed by atoms with Gasteiger partial charge >= 0.3 is 0 Å². The topological polar surface area (TPSA) is 53.5 Å². The molecule has 4 heteroatoms. The molecule has 0 radical (unpaired) electrons. The Labute approximate surface area is 83.5 Å². The van der Waals surface area contributed by atoms with Gasteiger partial charge in [0.25, 0.3) is 5.91 Å². The number of carbonyl (C=O) groups excluding carboxylic acids is 1. The number of aliphatic imine (C=N–C) groups is 1. The number of amidine groups is 1. The first-order valence-corrected chi connectivity index (χ1v) is 4.87. The van der Waals surface area contributed by atoms with Crippen LogP contribution in [0.1, 0.15) is 27.2 Å². The lowest BCUT2D eigenvalue weighted by molar-refractivity contribution is -0.125. The zero-order valence-electron chi connectivity index (χ0n) is 8.72. The maximum atomic E-state index is 11.6. The number of hydrogen-bond donors (Lipinski definition) is 2. The molecule has 4 nitrogen and oxygen atoms in total. The molecule has 2 N–H and O–H groups in total. The third-order valence-corrected chi connectivity index (χ3v) is 2.51. The summed E-state index contributed by atoms with van der Waals surface area (Å²) in [5.74, 6) is 0.663. The van der Waals surface area contributed by atoms with E-state index in [1.165, 1.54) is 0 Å². The van der Waals surface area contributed by atoms with Gasteiger partial charge in [-0.05, 0) is 27.2 Å². The highest BCUT2D eigenvalue weighted by Crippen LogP contribution is 2.17. The summed E-state index contributed by atoms with van der Waals surface area (Å²) in [7, 11) is 0. The second-order valence-corrected chi connectivity index (χ2v) is 4.38. The Hall–Kier alpha value is -1.32. The minimum absolute atomic E-state index is 0.0255. The molecule has 0 bridgehead atoms. The van der Waals surface area contributed by atoms with Crippen molar-refractivity contribution < 1.29 is 4.79 Å². The molecule has 1 saturated heterocycles. The van der Waals surface area contributed by atoms with E-state index in [2.05, 4.69) is 21.7 Å². The molecule has 0 aromatic heterocycles. The number of nitrogens with one attached hydrogen (secondary N) is 2. The van der Waals surface area contributed by atoms with Gasteiger partial charge in [-0.3, -0.25) is 9.79 Å². The molecule has 2 heterocycles. The standard InChI is InChI=1S/C10H15N3O/c1-6-4-5-7-8(11-6)12-9(14)10(2,3)13-7/h5-6,13H,4H2,1-3H3,(H,11,12,14). The van der Waals surface area contributed by atoms with Crippen LogP contribution in [0.4, 0.5) is 0 Å². The van der Waals surface area contributed by atoms with Gasteiger partial charge in [-0.1, -0.05) is 6.08 Å². The molecule has 2 aliphatic heterocycles. The van der Waals surface area contributed by atoms with E-state index in [4.69, 9.17) is 0 Å². The summed E-state index contributed by atoms with van der Waals surface area (Å²) >= 11 is 0. The van der Waals surface area contributed by atoms with E-state index >= 15 is 0 Å². The van der Waals surface area contributed by atoms with Crippen LogP contribution in [0.2, 0.25) is 0 Å². The zero-order valence-corrected chi connectivity index (χ0v) is 8.72. The maximum absolute atomic E-state index is 11.6. The van der Waals surface area contributed by atoms with Gasteiger partial charge < -0.3 is 10.6 Å². The van der Waals surface area contributed by atoms with Gasteiger partial charge in [0.05, 0.1) is 11.7 Å². The second-order valence-electron chi connectivity index (χ2n) is 4.38. The van der Waals surface area contributed by atoms with Crippen LogP contribution in [-0.4, -0.2) is 23.3 Å². The fourth-order valence-corrected chi connectivity index (χ4v) is 1.59. The van der Waals surface area contributed by atoms with E-state index in [1.54, 1.807) is 0 Å². The lowest BCUT2D eigenvalue weighted by atomic mass is 9.99. The molecule has 14 heavy (non-hydrogen) atoms. The molecule has 1 atom stereocenters. The van der Waals surface area contributed by atoms with Gasteiger partial charge in [0.15, 0.2) is 5.84 Å². The highest BCUT2D eigenvalue weighted by molar-refractivity contribution is 6.13. The van der Waals surface area contributed by atoms with Crippen molar-refractivity contribution in [3.8, 4) is 0 Å². The van der Waals surface area contributed by atoms with Gasteiger partial charge in [-0.25, -0.2) is 0 Å². The number of rotatable bonds is 0. The summed E-state index contributed by atoms with van der Waals surface area (Å²) < 4.78 is 0. The number of carbonyl (C=O) groups is 1. The smallest absolute Gasteiger partial charge is 0.250 e. The number of hydrogen-bond acceptors (Lipinski definition) is 3. The molecule has 1 fully saturated rings. The van der Waals surface area contributed by atoms with Crippen molar-refractivity contribution in [1.82, 2.24) is 10.6 Å². The van der Waals surface area contributed by atoms with Crippen LogP contribution in [0.25, 0.3) is 0 Å². The molecular weight excluding hydrogens is 178 g/mol. The van der Waals surface area contributed by atoms with Gasteiger partial charge in [0.2, 0.25) is 0 Å². The van der Waals surface area contributed by atoms with Gasteiger partial charge in [-0.15, -0.1) is 0 Å². The van der Waals surface area contributed by atoms with Crippen molar-refractivity contribution >= 4 is 11.7 Å². The highest BCUT2D eigenvalue weighted by Gasteiger charge is 2.36. The van der Waals surface area contributed by atoms with Crippen LogP contribution in [0.5, 0.6) is 0 Å². The zero-order chi connectivity index (χ0) is 10.3. The third-order valence-electron chi connectivity index (χ3n) is 2.51. The molecule has 0 spiro atoms. The summed E-state index contributed by atoms with van der Waals surface area (Å²) in [6.07, 6.45) is 3.02. The summed E-state index contributed by atoms with van der Waals surface area (Å²) in [5.41, 5.74) is 0.415. The molecule has 2 aliphatic rings. The van der Waals surface area contributed by atoms with Crippen molar-refractivity contribution in [1.29, 1.82) is 0 Å². The average Bonchev–Trinajstić information content (AvgIpc) is 2.08. The van der Waals surface area contributed by atoms with E-state index in [-0.39, 0.29) is 11.9 Å². The van der Waals surface area contributed by atoms with Crippen molar-refractivity contribution in [3.05, 3.63) is 11.8 Å². The molecular formula is C10H15N3O. The highest BCUT2D eigenvalue weighted by atomic mass is 16.2. The van der Waals surface area contributed by atoms with Crippen molar-refractivity contribution in [2.75, 3.05) is 0 Å². The van der Waals surface area contributed by atoms with Gasteiger partial charge in [-0.2, -0.15) is 0 Å². The van der Waals surface area contributed by atoms with Crippen LogP contribution in [-0.2, 0) is 4.79 Å². The molecule has 0 saturated carbocycles. The molecule has 1 amide bonds. The average molecular weight is 193 g/mol. The normalized spacial score (nSPS) is 29.4. The number of nitrogens with zero attached hydrogens (tertiary/aromatic N) is 1. The first kappa shape index (κ1) is 9.24. The lowest BCUT2D eigenvalue weighted by Gasteiger charge is -2.35. The van der Waals surface area contributed by atoms with Crippen LogP contribution >= 0.6 is 0 Å². The number of amides is 1. The molecule has 0 aliphatic carbocycles. The Morgan fingerprint density at radius 2 is 2.29 bits per heavy atom. The fourth-order valence-electron chi connectivity index (χ4n) is 1.59. The minimum atomic E-state index is -0.536. The van der Waals surface area contributed by atoms with E-state index in [1.807, 2.05) is 20.8 Å². The van der Waals surface area contributed by atoms with Crippen molar-refractivity contribution in [3.63, 3.8) is 0 Å². The Morgan fingerprint density at radius 1 is 1.57 bits per heavy atom. The van der Waals surface area contributed by atoms with E-state index in [0.29, 0.717) is 5.84 Å². The third kappa shape index (κ3) is 1.41. The lowest BCUT2D eigenvalue weighted by Crippen LogP contribution is -2.61. The summed E-state index contributed by atoms with van der Waals surface area (Å²) in [6.45, 7) is 5.75. The molecule has 0 aromatic carbocycles. The van der Waals surface area contributed by atoms with Gasteiger partial charge in [0, 0.05) is 0 Å². The SMILES string of the molecule is CC1CC=C2NC(C)(C)C(=O)NC2=N1. The molecule has 1 unspecified atom stereocenters. The first-order valence-electron chi connectivity index (χ1n) is 4.87. The summed E-state index contributed by atoms with van der Waals surface area (Å²) in [5, 5.41) is 6.00. The van der Waals surface area contributed by atoms with E-state index in [0.717, 1.165) is 12.1 Å². The van der Waals surface area contributed by atoms with Crippen LogP contribution in [0.15, 0.2) is 16.8 Å². The van der Waals surface area contributed by atoms with E-state index < -0.39 is 5.54 Å². The monoisotopic (exact) mass is 193 g/mol. The quantitative estimate of drug-likeness (QED) is 0.590.